The van der Waals surface area contributed by atoms with Gasteiger partial charge in [-0.3, -0.25) is 4.79 Å². The molecule has 36 heavy (non-hydrogen) atoms. The number of anilines is 1. The second-order valence-corrected chi connectivity index (χ2v) is 9.30. The zero-order valence-corrected chi connectivity index (χ0v) is 19.5. The molecule has 3 aromatic carbocycles. The number of carbonyl (C=O) groups excluding carboxylic acids is 1. The molecule has 9 heteroatoms. The third-order valence-corrected chi connectivity index (χ3v) is 6.92. The number of fused-ring (bicyclic) bond motifs is 8. The van der Waals surface area contributed by atoms with Crippen molar-refractivity contribution >= 4 is 17.4 Å². The van der Waals surface area contributed by atoms with Crippen LogP contribution >= 0.6 is 0 Å². The van der Waals surface area contributed by atoms with Gasteiger partial charge < -0.3 is 25.5 Å². The van der Waals surface area contributed by atoms with Crippen LogP contribution in [0.3, 0.4) is 0 Å². The zero-order valence-electron chi connectivity index (χ0n) is 19.5. The van der Waals surface area contributed by atoms with E-state index in [2.05, 4.69) is 15.3 Å². The third kappa shape index (κ3) is 3.76. The Hall–Kier alpha value is -3.98. The number of rotatable bonds is 6. The number of nitrogens with one attached hydrogen (secondary N) is 1. The van der Waals surface area contributed by atoms with E-state index in [4.69, 9.17) is 10.5 Å². The number of ether oxygens (including phenoxy) is 1. The maximum atomic E-state index is 13.3. The summed E-state index contributed by atoms with van der Waals surface area (Å²) < 4.78 is 32.9. The number of halogens is 2. The summed E-state index contributed by atoms with van der Waals surface area (Å²) >= 11 is 0. The van der Waals surface area contributed by atoms with Crippen molar-refractivity contribution < 1.29 is 23.1 Å². The van der Waals surface area contributed by atoms with Gasteiger partial charge in [-0.15, -0.1) is 0 Å². The molecule has 3 N–H and O–H groups in total. The summed E-state index contributed by atoms with van der Waals surface area (Å²) in [6, 6.07) is 18.8. The molecule has 1 amide bonds. The van der Waals surface area contributed by atoms with E-state index in [0.29, 0.717) is 12.1 Å². The lowest BCUT2D eigenvalue weighted by Crippen LogP contribution is -2.56. The van der Waals surface area contributed by atoms with E-state index in [1.807, 2.05) is 54.6 Å². The van der Waals surface area contributed by atoms with Crippen LogP contribution in [0.15, 0.2) is 65.8 Å². The predicted octanol–water partition coefficient (Wildman–Crippen LogP) is 3.86. The molecule has 3 heterocycles. The van der Waals surface area contributed by atoms with E-state index in [9.17, 15) is 13.6 Å². The van der Waals surface area contributed by atoms with Crippen LogP contribution in [0.2, 0.25) is 0 Å². The first kappa shape index (κ1) is 22.5. The van der Waals surface area contributed by atoms with Gasteiger partial charge in [0, 0.05) is 23.4 Å². The van der Waals surface area contributed by atoms with Gasteiger partial charge in [0.2, 0.25) is 0 Å². The molecule has 3 aliphatic heterocycles. The Morgan fingerprint density at radius 1 is 1.03 bits per heavy atom. The standard InChI is InChI=1S/C27H24F2N4O3/c1-35-32-25(30)16-4-2-15(3-5-16)12-31-26(34)17-6-8-19-21(10-17)24-22-11-18(33-13-27(28,29)14-33)7-9-20(22)23(19)36-24/h2-11,23-24H,12-14H2,1H3,(H2,30,32)(H,31,34)/t23-,24+/m1/s1. The molecule has 0 saturated carbocycles. The number of hydrogen-bond donors (Lipinski definition) is 2. The number of oxime groups is 1. The lowest BCUT2D eigenvalue weighted by molar-refractivity contribution is -0.0262. The van der Waals surface area contributed by atoms with Gasteiger partial charge >= 0.3 is 0 Å². The molecular formula is C27H24F2N4O3. The van der Waals surface area contributed by atoms with Crippen LogP contribution in [0.5, 0.6) is 0 Å². The number of nitrogens with two attached hydrogens (primary N) is 1. The van der Waals surface area contributed by atoms with Crippen molar-refractivity contribution in [1.82, 2.24) is 5.32 Å². The highest BCUT2D eigenvalue weighted by Crippen LogP contribution is 2.55. The second-order valence-electron chi connectivity index (χ2n) is 9.30. The van der Waals surface area contributed by atoms with E-state index >= 15 is 0 Å². The Balaban J connectivity index is 1.16. The van der Waals surface area contributed by atoms with Crippen molar-refractivity contribution in [1.29, 1.82) is 0 Å². The van der Waals surface area contributed by atoms with Crippen molar-refractivity contribution in [3.05, 3.63) is 99.6 Å². The molecule has 0 aliphatic carbocycles. The van der Waals surface area contributed by atoms with Crippen LogP contribution in [0.1, 0.15) is 55.9 Å². The normalized spacial score (nSPS) is 21.0. The molecule has 3 aromatic rings. The average molecular weight is 491 g/mol. The SMILES string of the molecule is CON=C(N)c1ccc(CNC(=O)c2ccc3c(c2)[C@@H]2O[C@H]3c3ccc(N4CC(F)(F)C4)cc32)cc1. The van der Waals surface area contributed by atoms with Gasteiger partial charge in [-0.1, -0.05) is 41.6 Å². The van der Waals surface area contributed by atoms with Gasteiger partial charge in [0.25, 0.3) is 11.8 Å². The Morgan fingerprint density at radius 2 is 1.67 bits per heavy atom. The molecule has 0 aromatic heterocycles. The fourth-order valence-electron chi connectivity index (χ4n) is 5.09. The molecule has 2 atom stereocenters. The maximum Gasteiger partial charge on any atom is 0.282 e. The Bertz CT molecular complexity index is 1380. The minimum absolute atomic E-state index is 0.193. The molecule has 2 bridgehead atoms. The van der Waals surface area contributed by atoms with E-state index in [-0.39, 0.29) is 37.0 Å². The minimum Gasteiger partial charge on any atom is -0.397 e. The minimum atomic E-state index is -2.63. The zero-order chi connectivity index (χ0) is 25.0. The summed E-state index contributed by atoms with van der Waals surface area (Å²) in [6.45, 7) is -0.177. The number of hydrogen-bond acceptors (Lipinski definition) is 5. The summed E-state index contributed by atoms with van der Waals surface area (Å²) in [5.74, 6) is -2.54. The molecule has 6 rings (SSSR count). The van der Waals surface area contributed by atoms with E-state index in [0.717, 1.165) is 39.1 Å². The van der Waals surface area contributed by atoms with Crippen LogP contribution in [0, 0.1) is 0 Å². The van der Waals surface area contributed by atoms with Crippen LogP contribution < -0.4 is 16.0 Å². The van der Waals surface area contributed by atoms with Gasteiger partial charge in [-0.25, -0.2) is 8.78 Å². The summed E-state index contributed by atoms with van der Waals surface area (Å²) in [7, 11) is 1.43. The predicted molar refractivity (Wildman–Crippen MR) is 130 cm³/mol. The second kappa shape index (κ2) is 8.30. The number of amidine groups is 1. The smallest absolute Gasteiger partial charge is 0.282 e. The number of nitrogens with zero attached hydrogens (tertiary/aromatic N) is 2. The lowest BCUT2D eigenvalue weighted by atomic mass is 9.84. The van der Waals surface area contributed by atoms with Gasteiger partial charge in [0.05, 0.1) is 13.1 Å². The van der Waals surface area contributed by atoms with Gasteiger partial charge in [0.1, 0.15) is 19.3 Å². The monoisotopic (exact) mass is 490 g/mol. The van der Waals surface area contributed by atoms with Gasteiger partial charge in [-0.05, 0) is 52.1 Å². The summed E-state index contributed by atoms with van der Waals surface area (Å²) in [5.41, 5.74) is 12.8. The summed E-state index contributed by atoms with van der Waals surface area (Å²) in [4.78, 5) is 19.2. The Morgan fingerprint density at radius 3 is 2.36 bits per heavy atom. The van der Waals surface area contributed by atoms with E-state index in [1.165, 1.54) is 7.11 Å². The fourth-order valence-corrected chi connectivity index (χ4v) is 5.09. The highest BCUT2D eigenvalue weighted by atomic mass is 19.3. The summed E-state index contributed by atoms with van der Waals surface area (Å²) in [5, 5.41) is 6.65. The molecular weight excluding hydrogens is 466 g/mol. The number of benzene rings is 3. The van der Waals surface area contributed by atoms with E-state index in [1.54, 1.807) is 11.0 Å². The maximum absolute atomic E-state index is 13.3. The lowest BCUT2D eigenvalue weighted by Gasteiger charge is -2.40. The topological polar surface area (TPSA) is 89.2 Å². The first-order chi connectivity index (χ1) is 17.3. The summed E-state index contributed by atoms with van der Waals surface area (Å²) in [6.07, 6.45) is -0.502. The molecule has 0 spiro atoms. The van der Waals surface area contributed by atoms with Crippen molar-refractivity contribution in [3.63, 3.8) is 0 Å². The first-order valence-corrected chi connectivity index (χ1v) is 11.6. The molecule has 0 unspecified atom stereocenters. The number of amides is 1. The Kier molecular flexibility index (Phi) is 5.19. The van der Waals surface area contributed by atoms with Gasteiger partial charge in [0.15, 0.2) is 5.84 Å². The van der Waals surface area contributed by atoms with Crippen LogP contribution in [-0.4, -0.2) is 37.9 Å². The van der Waals surface area contributed by atoms with Crippen molar-refractivity contribution in [2.75, 3.05) is 25.1 Å². The molecule has 1 saturated heterocycles. The van der Waals surface area contributed by atoms with Crippen molar-refractivity contribution in [2.45, 2.75) is 24.7 Å². The number of carbonyl (C=O) groups is 1. The van der Waals surface area contributed by atoms with Crippen molar-refractivity contribution in [2.24, 2.45) is 10.9 Å². The quantitative estimate of drug-likeness (QED) is 0.311. The van der Waals surface area contributed by atoms with E-state index < -0.39 is 5.92 Å². The molecule has 184 valence electrons. The third-order valence-electron chi connectivity index (χ3n) is 6.92. The highest BCUT2D eigenvalue weighted by Gasteiger charge is 2.46. The first-order valence-electron chi connectivity index (χ1n) is 11.6. The average Bonchev–Trinajstić information content (AvgIpc) is 3.43. The largest absolute Gasteiger partial charge is 0.397 e. The molecule has 0 radical (unpaired) electrons. The van der Waals surface area contributed by atoms with Crippen molar-refractivity contribution in [3.8, 4) is 0 Å². The molecule has 1 fully saturated rings. The van der Waals surface area contributed by atoms with Crippen LogP contribution in [0.4, 0.5) is 14.5 Å². The molecule has 7 nitrogen and oxygen atoms in total. The fraction of sp³-hybridized carbons (Fsp3) is 0.259. The Labute approximate surface area is 206 Å². The number of alkyl halides is 2. The molecule has 3 aliphatic rings. The van der Waals surface area contributed by atoms with Crippen LogP contribution in [0.25, 0.3) is 0 Å². The highest BCUT2D eigenvalue weighted by molar-refractivity contribution is 5.97. The van der Waals surface area contributed by atoms with Gasteiger partial charge in [-0.2, -0.15) is 0 Å². The van der Waals surface area contributed by atoms with Crippen LogP contribution in [-0.2, 0) is 16.1 Å².